The molecule has 1 aliphatic heterocycles. The van der Waals surface area contributed by atoms with E-state index in [0.29, 0.717) is 0 Å². The van der Waals surface area contributed by atoms with Crippen LogP contribution in [0.5, 0.6) is 0 Å². The number of rotatable bonds is 1. The lowest BCUT2D eigenvalue weighted by Gasteiger charge is -2.35. The fourth-order valence-corrected chi connectivity index (χ4v) is 1.68. The van der Waals surface area contributed by atoms with Crippen LogP contribution in [0.25, 0.3) is 0 Å². The molecule has 7 heteroatoms. The Morgan fingerprint density at radius 2 is 1.88 bits per heavy atom. The minimum Gasteiger partial charge on any atom is -0.367 e. The van der Waals surface area contributed by atoms with Gasteiger partial charge in [0.1, 0.15) is 12.3 Å². The summed E-state index contributed by atoms with van der Waals surface area (Å²) in [7, 11) is 0. The normalized spacial score (nSPS) is 35.5. The number of alkyl halides is 4. The van der Waals surface area contributed by atoms with E-state index in [1.807, 2.05) is 0 Å². The van der Waals surface area contributed by atoms with E-state index in [1.54, 1.807) is 0 Å². The van der Waals surface area contributed by atoms with E-state index in [1.165, 1.54) is 0 Å². The van der Waals surface area contributed by atoms with Crippen LogP contribution >= 0.6 is 0 Å². The summed E-state index contributed by atoms with van der Waals surface area (Å²) in [6.45, 7) is -0.361. The molecule has 0 aromatic heterocycles. The summed E-state index contributed by atoms with van der Waals surface area (Å²) in [6.07, 6.45) is 0.0968. The summed E-state index contributed by atoms with van der Waals surface area (Å²) >= 11 is 0. The molecule has 2 atom stereocenters. The van der Waals surface area contributed by atoms with Crippen LogP contribution in [0.2, 0.25) is 0 Å². The number of hydrogen-bond donors (Lipinski definition) is 1. The van der Waals surface area contributed by atoms with Gasteiger partial charge in [-0.05, 0) is 6.08 Å². The van der Waals surface area contributed by atoms with Crippen molar-refractivity contribution in [3.8, 4) is 0 Å². The third-order valence-electron chi connectivity index (χ3n) is 2.63. The zero-order valence-electron chi connectivity index (χ0n) is 8.71. The van der Waals surface area contributed by atoms with E-state index in [0.717, 1.165) is 12.2 Å². The maximum absolute atomic E-state index is 13.5. The Hall–Kier alpha value is -0.920. The topological polar surface area (TPSA) is 44.5 Å². The Balaban J connectivity index is 2.21. The van der Waals surface area contributed by atoms with Gasteiger partial charge in [-0.15, -0.1) is 0 Å². The molecule has 3 nitrogen and oxygen atoms in total. The summed E-state index contributed by atoms with van der Waals surface area (Å²) in [5.41, 5.74) is 4.55. The molecule has 2 unspecified atom stereocenters. The van der Waals surface area contributed by atoms with Crippen molar-refractivity contribution in [2.75, 3.05) is 13.2 Å². The van der Waals surface area contributed by atoms with Gasteiger partial charge < -0.3 is 15.2 Å². The van der Waals surface area contributed by atoms with Gasteiger partial charge in [-0.25, -0.2) is 0 Å². The van der Waals surface area contributed by atoms with Crippen molar-refractivity contribution in [1.29, 1.82) is 0 Å². The molecular formula is C10H11F4NO2. The van der Waals surface area contributed by atoms with Gasteiger partial charge in [-0.2, -0.15) is 17.6 Å². The molecule has 17 heavy (non-hydrogen) atoms. The minimum atomic E-state index is -4.27. The second kappa shape index (κ2) is 4.08. The lowest BCUT2D eigenvalue weighted by atomic mass is 9.92. The van der Waals surface area contributed by atoms with Crippen LogP contribution < -0.4 is 5.73 Å². The predicted molar refractivity (Wildman–Crippen MR) is 50.8 cm³/mol. The molecule has 0 radical (unpaired) electrons. The highest BCUT2D eigenvalue weighted by molar-refractivity contribution is 5.34. The second-order valence-corrected chi connectivity index (χ2v) is 3.87. The summed E-state index contributed by atoms with van der Waals surface area (Å²) in [4.78, 5) is 0. The standard InChI is InChI=1S/C10H11F4NO2/c11-9(12)3-1-2-6(10(9,13)14)7-4-17-8(15)5-16-7/h1-3,7-8H,4-5,15H2. The van der Waals surface area contributed by atoms with E-state index >= 15 is 0 Å². The molecule has 0 spiro atoms. The third kappa shape index (κ3) is 2.10. The fourth-order valence-electron chi connectivity index (χ4n) is 1.68. The average Bonchev–Trinajstić information content (AvgIpc) is 2.24. The van der Waals surface area contributed by atoms with Crippen LogP contribution in [-0.2, 0) is 9.47 Å². The van der Waals surface area contributed by atoms with Gasteiger partial charge in [-0.1, -0.05) is 12.2 Å². The smallest absolute Gasteiger partial charge is 0.338 e. The maximum Gasteiger partial charge on any atom is 0.338 e. The van der Waals surface area contributed by atoms with Crippen molar-refractivity contribution < 1.29 is 27.0 Å². The first-order valence-electron chi connectivity index (χ1n) is 4.99. The summed E-state index contributed by atoms with van der Waals surface area (Å²) in [6, 6.07) is 0. The van der Waals surface area contributed by atoms with Gasteiger partial charge >= 0.3 is 11.8 Å². The van der Waals surface area contributed by atoms with Crippen LogP contribution in [-0.4, -0.2) is 37.4 Å². The summed E-state index contributed by atoms with van der Waals surface area (Å²) in [5.74, 6) is -8.47. The second-order valence-electron chi connectivity index (χ2n) is 3.87. The maximum atomic E-state index is 13.5. The predicted octanol–water partition coefficient (Wildman–Crippen LogP) is 1.45. The summed E-state index contributed by atoms with van der Waals surface area (Å²) in [5, 5.41) is 0. The first-order chi connectivity index (χ1) is 7.84. The van der Waals surface area contributed by atoms with Crippen molar-refractivity contribution in [3.63, 3.8) is 0 Å². The van der Waals surface area contributed by atoms with E-state index in [2.05, 4.69) is 0 Å². The van der Waals surface area contributed by atoms with E-state index < -0.39 is 29.8 Å². The monoisotopic (exact) mass is 253 g/mol. The molecule has 1 saturated heterocycles. The number of allylic oxidation sites excluding steroid dienone is 3. The van der Waals surface area contributed by atoms with Crippen molar-refractivity contribution in [1.82, 2.24) is 0 Å². The van der Waals surface area contributed by atoms with Gasteiger partial charge in [0.15, 0.2) is 0 Å². The number of ether oxygens (including phenoxy) is 2. The first-order valence-corrected chi connectivity index (χ1v) is 4.99. The SMILES string of the molecule is NC1COC(C2=CC=CC(F)(F)C2(F)F)CO1. The van der Waals surface area contributed by atoms with Gasteiger partial charge in [0.25, 0.3) is 0 Å². The molecule has 96 valence electrons. The number of nitrogens with two attached hydrogens (primary N) is 1. The van der Waals surface area contributed by atoms with Crippen LogP contribution in [0.4, 0.5) is 17.6 Å². The molecule has 0 aromatic carbocycles. The average molecular weight is 253 g/mol. The van der Waals surface area contributed by atoms with E-state index in [-0.39, 0.29) is 19.3 Å². The minimum absolute atomic E-state index is 0.104. The number of halogens is 4. The molecule has 1 aliphatic carbocycles. The number of hydrogen-bond acceptors (Lipinski definition) is 3. The van der Waals surface area contributed by atoms with E-state index in [4.69, 9.17) is 15.2 Å². The van der Waals surface area contributed by atoms with Crippen LogP contribution in [0, 0.1) is 0 Å². The fraction of sp³-hybridized carbons (Fsp3) is 0.600. The van der Waals surface area contributed by atoms with Crippen molar-refractivity contribution in [2.45, 2.75) is 24.2 Å². The Morgan fingerprint density at radius 3 is 2.47 bits per heavy atom. The highest BCUT2D eigenvalue weighted by Crippen LogP contribution is 2.45. The Kier molecular flexibility index (Phi) is 3.01. The molecule has 0 amide bonds. The Morgan fingerprint density at radius 1 is 1.18 bits per heavy atom. The highest BCUT2D eigenvalue weighted by Gasteiger charge is 2.59. The van der Waals surface area contributed by atoms with E-state index in [9.17, 15) is 17.6 Å². The van der Waals surface area contributed by atoms with Crippen LogP contribution in [0.15, 0.2) is 23.8 Å². The van der Waals surface area contributed by atoms with Crippen LogP contribution in [0.3, 0.4) is 0 Å². The lowest BCUT2D eigenvalue weighted by molar-refractivity contribution is -0.182. The molecule has 0 saturated carbocycles. The van der Waals surface area contributed by atoms with Gasteiger partial charge in [0.05, 0.1) is 13.2 Å². The van der Waals surface area contributed by atoms with Gasteiger partial charge in [-0.3, -0.25) is 0 Å². The molecule has 0 aromatic rings. The molecule has 2 rings (SSSR count). The zero-order chi connectivity index (χ0) is 12.7. The quantitative estimate of drug-likeness (QED) is 0.719. The molecule has 2 N–H and O–H groups in total. The van der Waals surface area contributed by atoms with Crippen LogP contribution in [0.1, 0.15) is 0 Å². The lowest BCUT2D eigenvalue weighted by Crippen LogP contribution is -2.50. The highest BCUT2D eigenvalue weighted by atomic mass is 19.3. The first kappa shape index (κ1) is 12.5. The molecule has 0 bridgehead atoms. The molecule has 2 aliphatic rings. The largest absolute Gasteiger partial charge is 0.367 e. The van der Waals surface area contributed by atoms with Crippen molar-refractivity contribution >= 4 is 0 Å². The third-order valence-corrected chi connectivity index (χ3v) is 2.63. The molecule has 1 fully saturated rings. The molecule has 1 heterocycles. The molecular weight excluding hydrogens is 242 g/mol. The Bertz CT molecular complexity index is 359. The Labute approximate surface area is 94.9 Å². The summed E-state index contributed by atoms with van der Waals surface area (Å²) < 4.78 is 63.0. The van der Waals surface area contributed by atoms with Gasteiger partial charge in [0.2, 0.25) is 0 Å². The zero-order valence-corrected chi connectivity index (χ0v) is 8.71. The van der Waals surface area contributed by atoms with Gasteiger partial charge in [0, 0.05) is 5.57 Å². The van der Waals surface area contributed by atoms with Crippen molar-refractivity contribution in [2.24, 2.45) is 5.73 Å². The van der Waals surface area contributed by atoms with Crippen molar-refractivity contribution in [3.05, 3.63) is 23.8 Å².